The maximum Gasteiger partial charge on any atom is 0.115 e. The monoisotopic (exact) mass is 271 g/mol. The van der Waals surface area contributed by atoms with E-state index in [4.69, 9.17) is 23.2 Å². The van der Waals surface area contributed by atoms with E-state index in [0.717, 1.165) is 40.0 Å². The van der Waals surface area contributed by atoms with E-state index >= 15 is 0 Å². The van der Waals surface area contributed by atoms with Crippen LogP contribution in [0.25, 0.3) is 10.9 Å². The van der Waals surface area contributed by atoms with E-state index in [0.29, 0.717) is 5.15 Å². The number of aryl methyl sites for hydroxylation is 2. The van der Waals surface area contributed by atoms with Crippen molar-refractivity contribution < 1.29 is 5.11 Å². The molecule has 0 aliphatic heterocycles. The molecule has 2 rings (SSSR count). The Morgan fingerprint density at radius 3 is 2.59 bits per heavy atom. The molecule has 1 aromatic heterocycles. The van der Waals surface area contributed by atoms with Crippen LogP contribution in [0.4, 0.5) is 0 Å². The van der Waals surface area contributed by atoms with Crippen molar-refractivity contribution >= 4 is 34.1 Å². The van der Waals surface area contributed by atoms with Gasteiger partial charge in [-0.05, 0) is 25.0 Å². The highest BCUT2D eigenvalue weighted by atomic mass is 35.5. The molecule has 17 heavy (non-hydrogen) atoms. The molecular weight excluding hydrogens is 257 g/mol. The van der Waals surface area contributed by atoms with Crippen molar-refractivity contribution in [3.8, 4) is 0 Å². The number of halogens is 2. The van der Waals surface area contributed by atoms with E-state index < -0.39 is 0 Å². The number of fused-ring (bicyclic) bond motifs is 1. The van der Waals surface area contributed by atoms with Gasteiger partial charge >= 0.3 is 0 Å². The number of aliphatic hydroxyl groups is 1. The van der Waals surface area contributed by atoms with Crippen molar-refractivity contribution in [2.24, 2.45) is 0 Å². The van der Waals surface area contributed by atoms with Crippen LogP contribution < -0.4 is 0 Å². The zero-order chi connectivity index (χ0) is 12.6. The molecule has 0 unspecified atom stereocenters. The number of rotatable bonds is 3. The maximum atomic E-state index is 9.43. The van der Waals surface area contributed by atoms with Gasteiger partial charge in [-0.15, -0.1) is 0 Å². The molecule has 0 radical (unpaired) electrons. The molecular formula is C13H15Cl2NO. The van der Waals surface area contributed by atoms with Gasteiger partial charge in [0.1, 0.15) is 5.15 Å². The Kier molecular flexibility index (Phi) is 3.67. The van der Waals surface area contributed by atoms with Gasteiger partial charge in [-0.2, -0.15) is 0 Å². The first-order valence-electron chi connectivity index (χ1n) is 5.68. The fourth-order valence-corrected chi connectivity index (χ4v) is 2.71. The van der Waals surface area contributed by atoms with Gasteiger partial charge in [-0.1, -0.05) is 36.2 Å². The third-order valence-electron chi connectivity index (χ3n) is 3.05. The van der Waals surface area contributed by atoms with Crippen LogP contribution >= 0.6 is 23.2 Å². The Hall–Kier alpha value is -0.700. The number of hydrogen-bond acceptors (Lipinski definition) is 1. The average Bonchev–Trinajstić information content (AvgIpc) is 2.58. The van der Waals surface area contributed by atoms with Crippen LogP contribution in [0, 0.1) is 6.92 Å². The first-order chi connectivity index (χ1) is 8.11. The van der Waals surface area contributed by atoms with Gasteiger partial charge in [0.25, 0.3) is 0 Å². The van der Waals surface area contributed by atoms with Gasteiger partial charge in [0.05, 0.1) is 12.1 Å². The highest BCUT2D eigenvalue weighted by molar-refractivity contribution is 6.34. The molecule has 0 atom stereocenters. The van der Waals surface area contributed by atoms with Crippen molar-refractivity contribution in [1.82, 2.24) is 4.57 Å². The predicted octanol–water partition coefficient (Wildman–Crippen LogP) is 4.16. The molecule has 1 heterocycles. The number of nitrogens with zero attached hydrogens (tertiary/aromatic N) is 1. The third kappa shape index (κ3) is 1.95. The minimum atomic E-state index is -0.0485. The van der Waals surface area contributed by atoms with Gasteiger partial charge in [0.2, 0.25) is 0 Å². The lowest BCUT2D eigenvalue weighted by Crippen LogP contribution is -1.98. The summed E-state index contributed by atoms with van der Waals surface area (Å²) in [5.74, 6) is 0. The molecule has 2 aromatic rings. The molecule has 2 nitrogen and oxygen atoms in total. The minimum Gasteiger partial charge on any atom is -0.392 e. The summed E-state index contributed by atoms with van der Waals surface area (Å²) in [6.45, 7) is 4.86. The summed E-state index contributed by atoms with van der Waals surface area (Å²) in [5, 5.41) is 11.8. The SMILES string of the molecule is CCCn1c(Cl)c(CO)c2ccc(Cl)c(C)c21. The van der Waals surface area contributed by atoms with Crippen molar-refractivity contribution in [3.63, 3.8) is 0 Å². The molecule has 0 saturated carbocycles. The number of aromatic nitrogens is 1. The van der Waals surface area contributed by atoms with E-state index in [1.807, 2.05) is 23.6 Å². The van der Waals surface area contributed by atoms with Crippen LogP contribution in [0.3, 0.4) is 0 Å². The largest absolute Gasteiger partial charge is 0.392 e. The standard InChI is InChI=1S/C13H15Cl2NO/c1-3-6-16-12-8(2)11(14)5-4-9(12)10(7-17)13(16)15/h4-5,17H,3,6-7H2,1-2H3. The Morgan fingerprint density at radius 1 is 1.29 bits per heavy atom. The Bertz CT molecular complexity index is 560. The molecule has 1 aromatic carbocycles. The van der Waals surface area contributed by atoms with Crippen molar-refractivity contribution in [2.45, 2.75) is 33.4 Å². The van der Waals surface area contributed by atoms with Crippen LogP contribution in [0.1, 0.15) is 24.5 Å². The van der Waals surface area contributed by atoms with Crippen LogP contribution in [-0.4, -0.2) is 9.67 Å². The second-order valence-electron chi connectivity index (χ2n) is 4.15. The van der Waals surface area contributed by atoms with Gasteiger partial charge in [0.15, 0.2) is 0 Å². The lowest BCUT2D eigenvalue weighted by atomic mass is 10.1. The predicted molar refractivity (Wildman–Crippen MR) is 72.9 cm³/mol. The molecule has 0 spiro atoms. The lowest BCUT2D eigenvalue weighted by Gasteiger charge is -2.08. The van der Waals surface area contributed by atoms with E-state index in [2.05, 4.69) is 6.92 Å². The molecule has 0 bridgehead atoms. The fraction of sp³-hybridized carbons (Fsp3) is 0.385. The second-order valence-corrected chi connectivity index (χ2v) is 4.91. The number of hydrogen-bond donors (Lipinski definition) is 1. The molecule has 0 amide bonds. The summed E-state index contributed by atoms with van der Waals surface area (Å²) in [5.41, 5.74) is 2.84. The Balaban J connectivity index is 2.86. The zero-order valence-electron chi connectivity index (χ0n) is 9.93. The normalized spacial score (nSPS) is 11.4. The van der Waals surface area contributed by atoms with E-state index in [1.54, 1.807) is 0 Å². The van der Waals surface area contributed by atoms with E-state index in [-0.39, 0.29) is 6.61 Å². The summed E-state index contributed by atoms with van der Waals surface area (Å²) in [7, 11) is 0. The van der Waals surface area contributed by atoms with Gasteiger partial charge < -0.3 is 9.67 Å². The molecule has 0 aliphatic carbocycles. The van der Waals surface area contributed by atoms with Gasteiger partial charge in [0, 0.05) is 22.5 Å². The van der Waals surface area contributed by atoms with Gasteiger partial charge in [-0.25, -0.2) is 0 Å². The third-order valence-corrected chi connectivity index (χ3v) is 3.89. The molecule has 1 N–H and O–H groups in total. The lowest BCUT2D eigenvalue weighted by molar-refractivity contribution is 0.283. The average molecular weight is 272 g/mol. The number of benzene rings is 1. The fourth-order valence-electron chi connectivity index (χ4n) is 2.22. The van der Waals surface area contributed by atoms with E-state index in [9.17, 15) is 5.11 Å². The molecule has 0 saturated heterocycles. The highest BCUT2D eigenvalue weighted by Crippen LogP contribution is 2.35. The second kappa shape index (κ2) is 4.89. The molecule has 4 heteroatoms. The van der Waals surface area contributed by atoms with Crippen LogP contribution in [0.2, 0.25) is 10.2 Å². The zero-order valence-corrected chi connectivity index (χ0v) is 11.4. The summed E-state index contributed by atoms with van der Waals surface area (Å²) >= 11 is 12.5. The minimum absolute atomic E-state index is 0.0485. The molecule has 0 fully saturated rings. The quantitative estimate of drug-likeness (QED) is 0.891. The van der Waals surface area contributed by atoms with Crippen molar-refractivity contribution in [1.29, 1.82) is 0 Å². The maximum absolute atomic E-state index is 9.43. The van der Waals surface area contributed by atoms with Crippen LogP contribution in [0.15, 0.2) is 12.1 Å². The summed E-state index contributed by atoms with van der Waals surface area (Å²) in [6, 6.07) is 3.78. The smallest absolute Gasteiger partial charge is 0.115 e. The van der Waals surface area contributed by atoms with Crippen molar-refractivity contribution in [3.05, 3.63) is 33.4 Å². The van der Waals surface area contributed by atoms with Crippen LogP contribution in [-0.2, 0) is 13.2 Å². The molecule has 0 aliphatic rings. The summed E-state index contributed by atoms with van der Waals surface area (Å²) in [6.07, 6.45) is 0.986. The first-order valence-corrected chi connectivity index (χ1v) is 6.43. The summed E-state index contributed by atoms with van der Waals surface area (Å²) in [4.78, 5) is 0. The van der Waals surface area contributed by atoms with Crippen LogP contribution in [0.5, 0.6) is 0 Å². The topological polar surface area (TPSA) is 25.2 Å². The van der Waals surface area contributed by atoms with Gasteiger partial charge in [-0.3, -0.25) is 0 Å². The van der Waals surface area contributed by atoms with E-state index in [1.165, 1.54) is 0 Å². The summed E-state index contributed by atoms with van der Waals surface area (Å²) < 4.78 is 2.03. The first kappa shape index (κ1) is 12.7. The highest BCUT2D eigenvalue weighted by Gasteiger charge is 2.17. The molecule has 92 valence electrons. The Labute approximate surface area is 111 Å². The Morgan fingerprint density at radius 2 is 2.00 bits per heavy atom. The number of aliphatic hydroxyl groups excluding tert-OH is 1. The van der Waals surface area contributed by atoms with Crippen molar-refractivity contribution in [2.75, 3.05) is 0 Å².